The first-order chi connectivity index (χ1) is 8.16. The fourth-order valence-corrected chi connectivity index (χ4v) is 3.67. The maximum absolute atomic E-state index is 3.89. The maximum Gasteiger partial charge on any atom is 0.00705 e. The van der Waals surface area contributed by atoms with E-state index in [0.29, 0.717) is 6.04 Å². The van der Waals surface area contributed by atoms with Gasteiger partial charge in [0, 0.05) is 12.1 Å². The molecule has 1 aliphatic carbocycles. The summed E-state index contributed by atoms with van der Waals surface area (Å²) in [6.45, 7) is 7.38. The first-order valence-electron chi connectivity index (χ1n) is 7.61. The molecule has 2 aliphatic rings. The summed E-state index contributed by atoms with van der Waals surface area (Å²) >= 11 is 0. The topological polar surface area (TPSA) is 15.3 Å². The highest BCUT2D eigenvalue weighted by molar-refractivity contribution is 4.84. The Balaban J connectivity index is 1.73. The van der Waals surface area contributed by atoms with Gasteiger partial charge in [0.15, 0.2) is 0 Å². The lowest BCUT2D eigenvalue weighted by molar-refractivity contribution is 0.178. The highest BCUT2D eigenvalue weighted by atomic mass is 15.1. The van der Waals surface area contributed by atoms with E-state index in [1.54, 1.807) is 0 Å². The van der Waals surface area contributed by atoms with Crippen LogP contribution in [-0.2, 0) is 0 Å². The van der Waals surface area contributed by atoms with Gasteiger partial charge < -0.3 is 10.2 Å². The molecule has 1 N–H and O–H groups in total. The summed E-state index contributed by atoms with van der Waals surface area (Å²) in [5.41, 5.74) is 0. The molecule has 0 aromatic heterocycles. The Labute approximate surface area is 107 Å². The van der Waals surface area contributed by atoms with Gasteiger partial charge in [-0.2, -0.15) is 0 Å². The molecule has 0 spiro atoms. The predicted octanol–water partition coefficient (Wildman–Crippen LogP) is 2.89. The molecule has 2 nitrogen and oxygen atoms in total. The molecular weight excluding hydrogens is 208 g/mol. The summed E-state index contributed by atoms with van der Waals surface area (Å²) < 4.78 is 0. The number of piperidine rings is 1. The SMILES string of the molecule is CC(N[C@@H](C)C1CCCC1)C1CCN(C)CC1. The number of hydrogen-bond acceptors (Lipinski definition) is 2. The Bertz CT molecular complexity index is 215. The van der Waals surface area contributed by atoms with Crippen molar-refractivity contribution in [1.29, 1.82) is 0 Å². The molecule has 1 aliphatic heterocycles. The first kappa shape index (κ1) is 13.4. The molecule has 100 valence electrons. The Hall–Kier alpha value is -0.0800. The molecule has 0 amide bonds. The molecule has 0 aromatic rings. The molecule has 1 saturated heterocycles. The van der Waals surface area contributed by atoms with Gasteiger partial charge in [0.2, 0.25) is 0 Å². The van der Waals surface area contributed by atoms with Crippen molar-refractivity contribution in [3.63, 3.8) is 0 Å². The first-order valence-corrected chi connectivity index (χ1v) is 7.61. The van der Waals surface area contributed by atoms with Crippen LogP contribution in [0.2, 0.25) is 0 Å². The fraction of sp³-hybridized carbons (Fsp3) is 1.00. The lowest BCUT2D eigenvalue weighted by atomic mass is 9.89. The zero-order chi connectivity index (χ0) is 12.3. The van der Waals surface area contributed by atoms with Crippen molar-refractivity contribution in [2.24, 2.45) is 11.8 Å². The van der Waals surface area contributed by atoms with Crippen LogP contribution in [-0.4, -0.2) is 37.1 Å². The van der Waals surface area contributed by atoms with Crippen molar-refractivity contribution in [2.45, 2.75) is 64.5 Å². The zero-order valence-corrected chi connectivity index (χ0v) is 11.9. The van der Waals surface area contributed by atoms with Gasteiger partial charge >= 0.3 is 0 Å². The van der Waals surface area contributed by atoms with Crippen LogP contribution in [0.3, 0.4) is 0 Å². The normalized spacial score (nSPS) is 28.4. The van der Waals surface area contributed by atoms with Crippen molar-refractivity contribution in [3.8, 4) is 0 Å². The summed E-state index contributed by atoms with van der Waals surface area (Å²) in [4.78, 5) is 2.46. The average Bonchev–Trinajstić information content (AvgIpc) is 2.83. The van der Waals surface area contributed by atoms with Crippen molar-refractivity contribution in [1.82, 2.24) is 10.2 Å². The second-order valence-electron chi connectivity index (χ2n) is 6.43. The number of nitrogens with zero attached hydrogens (tertiary/aromatic N) is 1. The summed E-state index contributed by atoms with van der Waals surface area (Å²) in [5, 5.41) is 3.89. The Kier molecular flexibility index (Phi) is 4.87. The molecule has 2 atom stereocenters. The molecule has 0 aromatic carbocycles. The van der Waals surface area contributed by atoms with Crippen LogP contribution in [0.1, 0.15) is 52.4 Å². The lowest BCUT2D eigenvalue weighted by Crippen LogP contribution is -2.45. The van der Waals surface area contributed by atoms with Gasteiger partial charge in [0.05, 0.1) is 0 Å². The van der Waals surface area contributed by atoms with Gasteiger partial charge in [0.25, 0.3) is 0 Å². The van der Waals surface area contributed by atoms with E-state index in [4.69, 9.17) is 0 Å². The Morgan fingerprint density at radius 1 is 0.882 bits per heavy atom. The molecular formula is C15H30N2. The fourth-order valence-electron chi connectivity index (χ4n) is 3.67. The van der Waals surface area contributed by atoms with Crippen LogP contribution in [0.5, 0.6) is 0 Å². The van der Waals surface area contributed by atoms with E-state index in [1.807, 2.05) is 0 Å². The molecule has 2 heteroatoms. The Morgan fingerprint density at radius 2 is 1.35 bits per heavy atom. The van der Waals surface area contributed by atoms with Crippen molar-refractivity contribution in [2.75, 3.05) is 20.1 Å². The third-order valence-electron chi connectivity index (χ3n) is 5.10. The lowest BCUT2D eigenvalue weighted by Gasteiger charge is -2.35. The van der Waals surface area contributed by atoms with Crippen molar-refractivity contribution in [3.05, 3.63) is 0 Å². The Morgan fingerprint density at radius 3 is 1.88 bits per heavy atom. The van der Waals surface area contributed by atoms with Crippen LogP contribution in [0.4, 0.5) is 0 Å². The number of likely N-dealkylation sites (tertiary alicyclic amines) is 1. The molecule has 0 radical (unpaired) electrons. The maximum atomic E-state index is 3.89. The highest BCUT2D eigenvalue weighted by Gasteiger charge is 2.26. The molecule has 2 fully saturated rings. The van der Waals surface area contributed by atoms with Crippen LogP contribution >= 0.6 is 0 Å². The zero-order valence-electron chi connectivity index (χ0n) is 11.9. The van der Waals surface area contributed by atoms with E-state index >= 15 is 0 Å². The smallest absolute Gasteiger partial charge is 0.00705 e. The molecule has 1 unspecified atom stereocenters. The van der Waals surface area contributed by atoms with E-state index in [-0.39, 0.29) is 0 Å². The third kappa shape index (κ3) is 3.69. The van der Waals surface area contributed by atoms with Gasteiger partial charge in [-0.15, -0.1) is 0 Å². The van der Waals surface area contributed by atoms with E-state index in [9.17, 15) is 0 Å². The van der Waals surface area contributed by atoms with E-state index in [2.05, 4.69) is 31.1 Å². The number of nitrogens with one attached hydrogen (secondary N) is 1. The second kappa shape index (κ2) is 6.19. The largest absolute Gasteiger partial charge is 0.311 e. The molecule has 1 heterocycles. The average molecular weight is 238 g/mol. The monoisotopic (exact) mass is 238 g/mol. The second-order valence-corrected chi connectivity index (χ2v) is 6.43. The summed E-state index contributed by atoms with van der Waals surface area (Å²) in [6, 6.07) is 1.44. The highest BCUT2D eigenvalue weighted by Crippen LogP contribution is 2.28. The molecule has 17 heavy (non-hydrogen) atoms. The predicted molar refractivity (Wildman–Crippen MR) is 74.2 cm³/mol. The standard InChI is InChI=1S/C15H30N2/c1-12(14-6-4-5-7-14)16-13(2)15-8-10-17(3)11-9-15/h12-16H,4-11H2,1-3H3/t12-,13?/m0/s1. The van der Waals surface area contributed by atoms with E-state index in [1.165, 1.54) is 51.6 Å². The van der Waals surface area contributed by atoms with Crippen LogP contribution in [0.25, 0.3) is 0 Å². The molecule has 0 bridgehead atoms. The van der Waals surface area contributed by atoms with Gasteiger partial charge in [-0.25, -0.2) is 0 Å². The summed E-state index contributed by atoms with van der Waals surface area (Å²) in [5.74, 6) is 1.85. The minimum absolute atomic E-state index is 0.708. The quantitative estimate of drug-likeness (QED) is 0.810. The molecule has 2 rings (SSSR count). The summed E-state index contributed by atoms with van der Waals surface area (Å²) in [6.07, 6.45) is 8.57. The van der Waals surface area contributed by atoms with Crippen LogP contribution in [0, 0.1) is 11.8 Å². The van der Waals surface area contributed by atoms with Crippen molar-refractivity contribution >= 4 is 0 Å². The van der Waals surface area contributed by atoms with Gasteiger partial charge in [-0.3, -0.25) is 0 Å². The van der Waals surface area contributed by atoms with Gasteiger partial charge in [0.1, 0.15) is 0 Å². The van der Waals surface area contributed by atoms with Crippen LogP contribution in [0.15, 0.2) is 0 Å². The minimum Gasteiger partial charge on any atom is -0.311 e. The third-order valence-corrected chi connectivity index (χ3v) is 5.10. The number of hydrogen-bond donors (Lipinski definition) is 1. The van der Waals surface area contributed by atoms with Crippen molar-refractivity contribution < 1.29 is 0 Å². The molecule has 1 saturated carbocycles. The summed E-state index contributed by atoms with van der Waals surface area (Å²) in [7, 11) is 2.25. The number of rotatable bonds is 4. The van der Waals surface area contributed by atoms with E-state index in [0.717, 1.165) is 17.9 Å². The van der Waals surface area contributed by atoms with Gasteiger partial charge in [-0.05, 0) is 71.5 Å². The minimum atomic E-state index is 0.708. The van der Waals surface area contributed by atoms with Crippen LogP contribution < -0.4 is 5.32 Å². The van der Waals surface area contributed by atoms with E-state index < -0.39 is 0 Å². The van der Waals surface area contributed by atoms with Gasteiger partial charge in [-0.1, -0.05) is 12.8 Å².